The van der Waals surface area contributed by atoms with Crippen molar-refractivity contribution in [2.75, 3.05) is 69.4 Å². The predicted molar refractivity (Wildman–Crippen MR) is 127 cm³/mol. The van der Waals surface area contributed by atoms with Crippen molar-refractivity contribution in [3.63, 3.8) is 0 Å². The standard InChI is InChI=1S/C24H31N3O7S/c28-23(16-34-24(29)20-14-17-1-2-18(20)13-17)25-21-15-19(35(30,31)27-7-11-33-12-8-27)3-4-22(21)26-5-9-32-10-6-26/h1-4,15,17-18,20H,5-14,16H2,(H,25,28)/t17-,18-,20+/m1/s1. The Labute approximate surface area is 205 Å². The summed E-state index contributed by atoms with van der Waals surface area (Å²) >= 11 is 0. The van der Waals surface area contributed by atoms with E-state index in [1.165, 1.54) is 10.4 Å². The van der Waals surface area contributed by atoms with Crippen LogP contribution in [0.3, 0.4) is 0 Å². The molecule has 35 heavy (non-hydrogen) atoms. The summed E-state index contributed by atoms with van der Waals surface area (Å²) in [4.78, 5) is 27.4. The van der Waals surface area contributed by atoms with Gasteiger partial charge in [0.15, 0.2) is 6.61 Å². The molecule has 2 aliphatic carbocycles. The Morgan fingerprint density at radius 1 is 1.00 bits per heavy atom. The number of morpholine rings is 2. The highest BCUT2D eigenvalue weighted by Crippen LogP contribution is 2.43. The van der Waals surface area contributed by atoms with E-state index in [2.05, 4.69) is 17.5 Å². The number of nitrogens with one attached hydrogen (secondary N) is 1. The van der Waals surface area contributed by atoms with Gasteiger partial charge in [0.05, 0.1) is 48.6 Å². The van der Waals surface area contributed by atoms with Crippen molar-refractivity contribution in [2.24, 2.45) is 17.8 Å². The summed E-state index contributed by atoms with van der Waals surface area (Å²) in [6, 6.07) is 4.76. The van der Waals surface area contributed by atoms with E-state index in [9.17, 15) is 18.0 Å². The number of carbonyl (C=O) groups excluding carboxylic acids is 2. The highest BCUT2D eigenvalue weighted by Gasteiger charge is 2.41. The van der Waals surface area contributed by atoms with Crippen LogP contribution in [0, 0.1) is 17.8 Å². The van der Waals surface area contributed by atoms with Crippen LogP contribution in [0.15, 0.2) is 35.2 Å². The summed E-state index contributed by atoms with van der Waals surface area (Å²) in [6.45, 7) is 3.15. The van der Waals surface area contributed by atoms with E-state index in [1.54, 1.807) is 12.1 Å². The molecular weight excluding hydrogens is 474 g/mol. The first kappa shape index (κ1) is 24.2. The first-order chi connectivity index (χ1) is 16.9. The second-order valence-electron chi connectivity index (χ2n) is 9.34. The normalized spacial score (nSPS) is 26.6. The van der Waals surface area contributed by atoms with Gasteiger partial charge in [-0.25, -0.2) is 8.42 Å². The Bertz CT molecular complexity index is 1090. The third-order valence-electron chi connectivity index (χ3n) is 7.13. The number of ether oxygens (including phenoxy) is 3. The summed E-state index contributed by atoms with van der Waals surface area (Å²) in [5, 5.41) is 2.78. The highest BCUT2D eigenvalue weighted by atomic mass is 32.2. The molecule has 0 unspecified atom stereocenters. The molecule has 0 radical (unpaired) electrons. The molecule has 1 saturated carbocycles. The smallest absolute Gasteiger partial charge is 0.310 e. The maximum Gasteiger partial charge on any atom is 0.310 e. The lowest BCUT2D eigenvalue weighted by atomic mass is 9.94. The Hall–Kier alpha value is -2.47. The summed E-state index contributed by atoms with van der Waals surface area (Å²) in [5.41, 5.74) is 1.07. The van der Waals surface area contributed by atoms with Crippen molar-refractivity contribution < 1.29 is 32.2 Å². The second kappa shape index (κ2) is 10.3. The van der Waals surface area contributed by atoms with Gasteiger partial charge in [-0.15, -0.1) is 0 Å². The Kier molecular flexibility index (Phi) is 7.10. The van der Waals surface area contributed by atoms with Crippen LogP contribution in [0.2, 0.25) is 0 Å². The summed E-state index contributed by atoms with van der Waals surface area (Å²) < 4.78 is 43.8. The molecule has 1 amide bonds. The Balaban J connectivity index is 1.31. The minimum atomic E-state index is -3.74. The first-order valence-corrected chi connectivity index (χ1v) is 13.6. The number of allylic oxidation sites excluding steroid dienone is 2. The van der Waals surface area contributed by atoms with E-state index in [-0.39, 0.29) is 35.8 Å². The SMILES string of the molecule is O=C(COC(=O)[C@H]1C[C@@H]2C=C[C@@H]1C2)Nc1cc(S(=O)(=O)N2CCOCC2)ccc1N1CCOCC1. The van der Waals surface area contributed by atoms with E-state index in [0.717, 1.165) is 12.8 Å². The predicted octanol–water partition coefficient (Wildman–Crippen LogP) is 1.24. The van der Waals surface area contributed by atoms with Crippen LogP contribution >= 0.6 is 0 Å². The van der Waals surface area contributed by atoms with Crippen LogP contribution < -0.4 is 10.2 Å². The van der Waals surface area contributed by atoms with Gasteiger partial charge in [0, 0.05) is 26.2 Å². The lowest BCUT2D eigenvalue weighted by Crippen LogP contribution is -2.40. The molecule has 2 bridgehead atoms. The Morgan fingerprint density at radius 2 is 1.71 bits per heavy atom. The number of hydrogen-bond donors (Lipinski definition) is 1. The molecule has 190 valence electrons. The molecular formula is C24H31N3O7S. The molecule has 10 nitrogen and oxygen atoms in total. The third-order valence-corrected chi connectivity index (χ3v) is 9.02. The maximum absolute atomic E-state index is 13.2. The summed E-state index contributed by atoms with van der Waals surface area (Å²) in [6.07, 6.45) is 5.95. The fraction of sp³-hybridized carbons (Fsp3) is 0.583. The zero-order valence-corrected chi connectivity index (χ0v) is 20.4. The molecule has 3 atom stereocenters. The zero-order chi connectivity index (χ0) is 24.4. The fourth-order valence-corrected chi connectivity index (χ4v) is 6.71. The number of carbonyl (C=O) groups is 2. The van der Waals surface area contributed by atoms with E-state index in [0.29, 0.717) is 56.8 Å². The molecule has 11 heteroatoms. The van der Waals surface area contributed by atoms with Crippen molar-refractivity contribution in [3.05, 3.63) is 30.4 Å². The third kappa shape index (κ3) is 5.23. The molecule has 1 aromatic rings. The maximum atomic E-state index is 13.2. The number of anilines is 2. The number of esters is 1. The van der Waals surface area contributed by atoms with Gasteiger partial charge in [-0.3, -0.25) is 9.59 Å². The lowest BCUT2D eigenvalue weighted by Gasteiger charge is -2.31. The van der Waals surface area contributed by atoms with E-state index in [1.807, 2.05) is 4.90 Å². The lowest BCUT2D eigenvalue weighted by molar-refractivity contribution is -0.152. The minimum absolute atomic E-state index is 0.0949. The number of nitrogens with zero attached hydrogens (tertiary/aromatic N) is 2. The number of benzene rings is 1. The van der Waals surface area contributed by atoms with Gasteiger partial charge in [0.2, 0.25) is 10.0 Å². The van der Waals surface area contributed by atoms with Crippen molar-refractivity contribution in [1.82, 2.24) is 4.31 Å². The average Bonchev–Trinajstić information content (AvgIpc) is 3.52. The summed E-state index contributed by atoms with van der Waals surface area (Å²) in [7, 11) is -3.74. The van der Waals surface area contributed by atoms with Crippen LogP contribution in [-0.4, -0.2) is 83.8 Å². The van der Waals surface area contributed by atoms with Gasteiger partial charge in [-0.05, 0) is 42.9 Å². The van der Waals surface area contributed by atoms with Crippen LogP contribution in [0.1, 0.15) is 12.8 Å². The second-order valence-corrected chi connectivity index (χ2v) is 11.3. The van der Waals surface area contributed by atoms with Crippen LogP contribution in [0.5, 0.6) is 0 Å². The van der Waals surface area contributed by atoms with Crippen molar-refractivity contribution in [2.45, 2.75) is 17.7 Å². The van der Waals surface area contributed by atoms with Gasteiger partial charge in [0.1, 0.15) is 0 Å². The molecule has 2 heterocycles. The fourth-order valence-electron chi connectivity index (χ4n) is 5.27. The zero-order valence-electron chi connectivity index (χ0n) is 19.6. The van der Waals surface area contributed by atoms with Gasteiger partial charge >= 0.3 is 5.97 Å². The number of amides is 1. The molecule has 1 N–H and O–H groups in total. The van der Waals surface area contributed by atoms with Crippen molar-refractivity contribution in [1.29, 1.82) is 0 Å². The number of rotatable bonds is 7. The minimum Gasteiger partial charge on any atom is -0.455 e. The largest absolute Gasteiger partial charge is 0.455 e. The summed E-state index contributed by atoms with van der Waals surface area (Å²) in [5.74, 6) is -0.422. The van der Waals surface area contributed by atoms with Gasteiger partial charge in [0.25, 0.3) is 5.91 Å². The number of hydrogen-bond acceptors (Lipinski definition) is 8. The van der Waals surface area contributed by atoms with Crippen molar-refractivity contribution >= 4 is 33.3 Å². The van der Waals surface area contributed by atoms with Gasteiger partial charge in [-0.1, -0.05) is 12.2 Å². The Morgan fingerprint density at radius 3 is 2.37 bits per heavy atom. The molecule has 3 fully saturated rings. The van der Waals surface area contributed by atoms with Crippen LogP contribution in [-0.2, 0) is 33.8 Å². The van der Waals surface area contributed by atoms with Crippen LogP contribution in [0.25, 0.3) is 0 Å². The number of sulfonamides is 1. The quantitative estimate of drug-likeness (QED) is 0.435. The molecule has 1 aromatic carbocycles. The van der Waals surface area contributed by atoms with Gasteiger partial charge in [-0.2, -0.15) is 4.31 Å². The molecule has 2 aliphatic heterocycles. The highest BCUT2D eigenvalue weighted by molar-refractivity contribution is 7.89. The molecule has 4 aliphatic rings. The average molecular weight is 506 g/mol. The van der Waals surface area contributed by atoms with Gasteiger partial charge < -0.3 is 24.4 Å². The van der Waals surface area contributed by atoms with Crippen LogP contribution in [0.4, 0.5) is 11.4 Å². The molecule has 2 saturated heterocycles. The topological polar surface area (TPSA) is 114 Å². The number of fused-ring (bicyclic) bond motifs is 2. The van der Waals surface area contributed by atoms with E-state index < -0.39 is 22.5 Å². The monoisotopic (exact) mass is 505 g/mol. The first-order valence-electron chi connectivity index (χ1n) is 12.1. The molecule has 0 spiro atoms. The van der Waals surface area contributed by atoms with Crippen molar-refractivity contribution in [3.8, 4) is 0 Å². The molecule has 0 aromatic heterocycles. The molecule has 5 rings (SSSR count). The van der Waals surface area contributed by atoms with E-state index in [4.69, 9.17) is 14.2 Å². The van der Waals surface area contributed by atoms with E-state index >= 15 is 0 Å².